The number of para-hydroxylation sites is 1. The lowest BCUT2D eigenvalue weighted by atomic mass is 10.2. The molecule has 28 heavy (non-hydrogen) atoms. The molecule has 9 nitrogen and oxygen atoms in total. The number of rotatable bonds is 5. The standard InChI is InChI=1S/C19H19N3O6/c23-16-10-17(18(24)20-14-4-2-1-3-5-14)21(11-16)19(25)28-12-13-6-8-15(9-7-13)22(26)27/h1-9,16-17,23H,10-12H2,(H,20,24)/t16-,17+/m1/s1. The first kappa shape index (κ1) is 19.3. The fourth-order valence-electron chi connectivity index (χ4n) is 2.95. The van der Waals surface area contributed by atoms with Crippen LogP contribution in [0.3, 0.4) is 0 Å². The van der Waals surface area contributed by atoms with Crippen LogP contribution in [0.4, 0.5) is 16.2 Å². The molecule has 3 rings (SSSR count). The van der Waals surface area contributed by atoms with E-state index in [0.29, 0.717) is 11.3 Å². The van der Waals surface area contributed by atoms with Gasteiger partial charge in [-0.1, -0.05) is 18.2 Å². The lowest BCUT2D eigenvalue weighted by molar-refractivity contribution is -0.384. The summed E-state index contributed by atoms with van der Waals surface area (Å²) >= 11 is 0. The molecule has 2 aromatic rings. The second kappa shape index (κ2) is 8.49. The molecule has 2 aromatic carbocycles. The number of nitro groups is 1. The molecule has 0 unspecified atom stereocenters. The molecule has 0 saturated carbocycles. The minimum atomic E-state index is -0.848. The number of aliphatic hydroxyl groups is 1. The summed E-state index contributed by atoms with van der Waals surface area (Å²) in [6, 6.07) is 13.6. The molecule has 1 saturated heterocycles. The summed E-state index contributed by atoms with van der Waals surface area (Å²) in [6.07, 6.45) is -1.44. The Morgan fingerprint density at radius 2 is 1.86 bits per heavy atom. The molecule has 0 radical (unpaired) electrons. The Morgan fingerprint density at radius 3 is 2.50 bits per heavy atom. The smallest absolute Gasteiger partial charge is 0.410 e. The van der Waals surface area contributed by atoms with E-state index in [0.717, 1.165) is 0 Å². The topological polar surface area (TPSA) is 122 Å². The van der Waals surface area contributed by atoms with Crippen LogP contribution >= 0.6 is 0 Å². The maximum absolute atomic E-state index is 12.5. The molecular formula is C19H19N3O6. The molecule has 9 heteroatoms. The molecule has 1 heterocycles. The number of carbonyl (C=O) groups is 2. The first-order valence-electron chi connectivity index (χ1n) is 8.65. The van der Waals surface area contributed by atoms with Crippen LogP contribution in [-0.2, 0) is 16.1 Å². The number of amides is 2. The van der Waals surface area contributed by atoms with E-state index >= 15 is 0 Å². The van der Waals surface area contributed by atoms with Crippen LogP contribution in [0.1, 0.15) is 12.0 Å². The normalized spacial score (nSPS) is 18.5. The van der Waals surface area contributed by atoms with Gasteiger partial charge in [0.05, 0.1) is 17.6 Å². The van der Waals surface area contributed by atoms with Gasteiger partial charge in [-0.05, 0) is 29.8 Å². The highest BCUT2D eigenvalue weighted by atomic mass is 16.6. The van der Waals surface area contributed by atoms with Crippen molar-refractivity contribution < 1.29 is 24.4 Å². The van der Waals surface area contributed by atoms with Crippen molar-refractivity contribution in [3.63, 3.8) is 0 Å². The third-order valence-electron chi connectivity index (χ3n) is 4.37. The highest BCUT2D eigenvalue weighted by Crippen LogP contribution is 2.21. The number of ether oxygens (including phenoxy) is 1. The summed E-state index contributed by atoms with van der Waals surface area (Å²) in [5.41, 5.74) is 1.10. The quantitative estimate of drug-likeness (QED) is 0.602. The zero-order valence-electron chi connectivity index (χ0n) is 14.9. The van der Waals surface area contributed by atoms with Crippen LogP contribution in [0.25, 0.3) is 0 Å². The first-order chi connectivity index (χ1) is 13.4. The molecule has 146 valence electrons. The number of β-amino-alcohol motifs (C(OH)–C–C–N with tert-alkyl or cyclic N) is 1. The van der Waals surface area contributed by atoms with Crippen LogP contribution in [0.2, 0.25) is 0 Å². The van der Waals surface area contributed by atoms with Crippen molar-refractivity contribution in [2.45, 2.75) is 25.2 Å². The number of nitrogens with one attached hydrogen (secondary N) is 1. The van der Waals surface area contributed by atoms with Crippen molar-refractivity contribution in [1.29, 1.82) is 0 Å². The number of benzene rings is 2. The molecule has 0 aromatic heterocycles. The Labute approximate surface area is 160 Å². The number of nitro benzene ring substituents is 1. The summed E-state index contributed by atoms with van der Waals surface area (Å²) in [5, 5.41) is 23.3. The van der Waals surface area contributed by atoms with Crippen LogP contribution in [0.15, 0.2) is 54.6 Å². The molecule has 0 spiro atoms. The average Bonchev–Trinajstić information content (AvgIpc) is 3.09. The van der Waals surface area contributed by atoms with Gasteiger partial charge in [0.1, 0.15) is 12.6 Å². The van der Waals surface area contributed by atoms with E-state index in [9.17, 15) is 24.8 Å². The number of nitrogens with zero attached hydrogens (tertiary/aromatic N) is 2. The Morgan fingerprint density at radius 1 is 1.18 bits per heavy atom. The fourth-order valence-corrected chi connectivity index (χ4v) is 2.95. The molecule has 0 bridgehead atoms. The molecule has 1 aliphatic heterocycles. The summed E-state index contributed by atoms with van der Waals surface area (Å²) < 4.78 is 5.22. The van der Waals surface area contributed by atoms with Gasteiger partial charge in [-0.15, -0.1) is 0 Å². The average molecular weight is 385 g/mol. The molecule has 2 atom stereocenters. The fraction of sp³-hybridized carbons (Fsp3) is 0.263. The largest absolute Gasteiger partial charge is 0.445 e. The van der Waals surface area contributed by atoms with Gasteiger partial charge < -0.3 is 15.2 Å². The third kappa shape index (κ3) is 4.63. The minimum Gasteiger partial charge on any atom is -0.445 e. The molecular weight excluding hydrogens is 366 g/mol. The van der Waals surface area contributed by atoms with Gasteiger partial charge in [-0.2, -0.15) is 0 Å². The van der Waals surface area contributed by atoms with Crippen molar-refractivity contribution in [2.24, 2.45) is 0 Å². The van der Waals surface area contributed by atoms with Gasteiger partial charge in [0.25, 0.3) is 5.69 Å². The minimum absolute atomic E-state index is 0.00797. The third-order valence-corrected chi connectivity index (χ3v) is 4.37. The Kier molecular flexibility index (Phi) is 5.85. The maximum atomic E-state index is 12.5. The number of hydrogen-bond acceptors (Lipinski definition) is 6. The maximum Gasteiger partial charge on any atom is 0.410 e. The lowest BCUT2D eigenvalue weighted by Crippen LogP contribution is -2.43. The SMILES string of the molecule is O=C(Nc1ccccc1)[C@@H]1C[C@@H](O)CN1C(=O)OCc1ccc([N+](=O)[O-])cc1. The highest BCUT2D eigenvalue weighted by Gasteiger charge is 2.39. The van der Waals surface area contributed by atoms with Crippen molar-refractivity contribution in [3.8, 4) is 0 Å². The van der Waals surface area contributed by atoms with Gasteiger partial charge in [0, 0.05) is 24.2 Å². The van der Waals surface area contributed by atoms with Gasteiger partial charge in [-0.3, -0.25) is 19.8 Å². The van der Waals surface area contributed by atoms with Crippen molar-refractivity contribution >= 4 is 23.4 Å². The van der Waals surface area contributed by atoms with Gasteiger partial charge in [0.2, 0.25) is 5.91 Å². The summed E-state index contributed by atoms with van der Waals surface area (Å²) in [7, 11) is 0. The van der Waals surface area contributed by atoms with Gasteiger partial charge in [0.15, 0.2) is 0 Å². The number of anilines is 1. The molecule has 2 N–H and O–H groups in total. The Hall–Kier alpha value is -3.46. The van der Waals surface area contributed by atoms with E-state index < -0.39 is 29.1 Å². The summed E-state index contributed by atoms with van der Waals surface area (Å²) in [4.78, 5) is 36.3. The zero-order chi connectivity index (χ0) is 20.1. The van der Waals surface area contributed by atoms with Crippen LogP contribution in [0.5, 0.6) is 0 Å². The van der Waals surface area contributed by atoms with E-state index in [1.54, 1.807) is 24.3 Å². The van der Waals surface area contributed by atoms with Gasteiger partial charge in [-0.25, -0.2) is 4.79 Å². The lowest BCUT2D eigenvalue weighted by Gasteiger charge is -2.23. The summed E-state index contributed by atoms with van der Waals surface area (Å²) in [6.45, 7) is -0.109. The van der Waals surface area contributed by atoms with Crippen molar-refractivity contribution in [3.05, 3.63) is 70.3 Å². The van der Waals surface area contributed by atoms with E-state index in [1.807, 2.05) is 6.07 Å². The van der Waals surface area contributed by atoms with E-state index in [-0.39, 0.29) is 25.3 Å². The summed E-state index contributed by atoms with van der Waals surface area (Å²) in [5.74, 6) is -0.407. The number of hydrogen-bond donors (Lipinski definition) is 2. The van der Waals surface area contributed by atoms with Crippen LogP contribution in [-0.4, -0.2) is 45.6 Å². The Bertz CT molecular complexity index is 856. The van der Waals surface area contributed by atoms with Crippen molar-refractivity contribution in [1.82, 2.24) is 4.90 Å². The predicted molar refractivity (Wildman–Crippen MR) is 99.5 cm³/mol. The van der Waals surface area contributed by atoms with Crippen molar-refractivity contribution in [2.75, 3.05) is 11.9 Å². The van der Waals surface area contributed by atoms with E-state index in [1.165, 1.54) is 29.2 Å². The predicted octanol–water partition coefficient (Wildman–Crippen LogP) is 2.31. The second-order valence-electron chi connectivity index (χ2n) is 6.39. The number of likely N-dealkylation sites (tertiary alicyclic amines) is 1. The van der Waals surface area contributed by atoms with E-state index in [4.69, 9.17) is 4.74 Å². The monoisotopic (exact) mass is 385 g/mol. The molecule has 0 aliphatic carbocycles. The zero-order valence-corrected chi connectivity index (χ0v) is 14.9. The van der Waals surface area contributed by atoms with Gasteiger partial charge >= 0.3 is 6.09 Å². The highest BCUT2D eigenvalue weighted by molar-refractivity contribution is 5.96. The first-order valence-corrected chi connectivity index (χ1v) is 8.65. The number of aliphatic hydroxyl groups excluding tert-OH is 1. The molecule has 1 fully saturated rings. The van der Waals surface area contributed by atoms with Crippen LogP contribution < -0.4 is 5.32 Å². The molecule has 2 amide bonds. The Balaban J connectivity index is 1.60. The number of carbonyl (C=O) groups excluding carboxylic acids is 2. The van der Waals surface area contributed by atoms with Crippen LogP contribution in [0, 0.1) is 10.1 Å². The number of non-ortho nitro benzene ring substituents is 1. The second-order valence-corrected chi connectivity index (χ2v) is 6.39. The molecule has 1 aliphatic rings. The van der Waals surface area contributed by atoms with E-state index in [2.05, 4.69) is 5.32 Å².